The molecule has 2 amide bonds. The van der Waals surface area contributed by atoms with Crippen molar-refractivity contribution in [3.63, 3.8) is 0 Å². The first-order chi connectivity index (χ1) is 8.52. The Morgan fingerprint density at radius 3 is 2.28 bits per heavy atom. The van der Waals surface area contributed by atoms with Gasteiger partial charge < -0.3 is 15.4 Å². The molecule has 0 aliphatic rings. The molecule has 0 heterocycles. The first kappa shape index (κ1) is 16.6. The summed E-state index contributed by atoms with van der Waals surface area (Å²) in [6, 6.07) is -0.875. The molecule has 6 heteroatoms. The van der Waals surface area contributed by atoms with Crippen LogP contribution in [0, 0.1) is 0 Å². The van der Waals surface area contributed by atoms with Crippen LogP contribution in [0.5, 0.6) is 0 Å². The third kappa shape index (κ3) is 7.03. The van der Waals surface area contributed by atoms with Crippen LogP contribution in [0.15, 0.2) is 12.7 Å². The van der Waals surface area contributed by atoms with E-state index < -0.39 is 12.1 Å². The van der Waals surface area contributed by atoms with Gasteiger partial charge >= 0.3 is 0 Å². The third-order valence-electron chi connectivity index (χ3n) is 2.31. The largest absolute Gasteiger partial charge is 0.383 e. The van der Waals surface area contributed by atoms with E-state index in [4.69, 9.17) is 4.74 Å². The summed E-state index contributed by atoms with van der Waals surface area (Å²) in [5, 5.41) is 8.27. The molecule has 2 atom stereocenters. The summed E-state index contributed by atoms with van der Waals surface area (Å²) in [6.07, 6.45) is 1.60. The molecule has 0 fully saturated rings. The van der Waals surface area contributed by atoms with Gasteiger partial charge in [0.25, 0.3) is 0 Å². The second kappa shape index (κ2) is 9.61. The van der Waals surface area contributed by atoms with Gasteiger partial charge in [-0.15, -0.1) is 6.58 Å². The molecule has 3 N–H and O–H groups in total. The Balaban J connectivity index is 3.97. The number of carbonyl (C=O) groups excluding carboxylic acids is 2. The fourth-order valence-corrected chi connectivity index (χ4v) is 1.28. The Labute approximate surface area is 108 Å². The van der Waals surface area contributed by atoms with Crippen molar-refractivity contribution in [1.82, 2.24) is 16.0 Å². The zero-order valence-corrected chi connectivity index (χ0v) is 11.3. The van der Waals surface area contributed by atoms with Gasteiger partial charge in [-0.2, -0.15) is 0 Å². The van der Waals surface area contributed by atoms with Gasteiger partial charge in [0.05, 0.1) is 18.7 Å². The lowest BCUT2D eigenvalue weighted by atomic mass is 10.2. The second-order valence-electron chi connectivity index (χ2n) is 3.93. The maximum absolute atomic E-state index is 11.6. The van der Waals surface area contributed by atoms with Gasteiger partial charge in [-0.1, -0.05) is 6.08 Å². The van der Waals surface area contributed by atoms with Crippen LogP contribution in [0.4, 0.5) is 0 Å². The average molecular weight is 257 g/mol. The summed E-state index contributed by atoms with van der Waals surface area (Å²) >= 11 is 0. The number of carbonyl (C=O) groups is 2. The Bertz CT molecular complexity index is 282. The highest BCUT2D eigenvalue weighted by molar-refractivity contribution is 5.84. The van der Waals surface area contributed by atoms with Crippen molar-refractivity contribution in [2.24, 2.45) is 0 Å². The molecule has 0 aliphatic carbocycles. The van der Waals surface area contributed by atoms with Gasteiger partial charge in [-0.3, -0.25) is 14.9 Å². The molecule has 0 aliphatic heterocycles. The average Bonchev–Trinajstić information content (AvgIpc) is 2.35. The Hall–Kier alpha value is -1.40. The lowest BCUT2D eigenvalue weighted by Crippen LogP contribution is -2.51. The first-order valence-corrected chi connectivity index (χ1v) is 5.94. The number of rotatable bonds is 9. The van der Waals surface area contributed by atoms with Gasteiger partial charge in [-0.05, 0) is 13.8 Å². The predicted octanol–water partition coefficient (Wildman–Crippen LogP) is -0.582. The number of amides is 2. The molecule has 104 valence electrons. The number of hydrogen-bond donors (Lipinski definition) is 3. The van der Waals surface area contributed by atoms with E-state index in [2.05, 4.69) is 22.5 Å². The van der Waals surface area contributed by atoms with E-state index in [1.54, 1.807) is 27.0 Å². The van der Waals surface area contributed by atoms with Crippen LogP contribution in [0.25, 0.3) is 0 Å². The van der Waals surface area contributed by atoms with Crippen LogP contribution in [0.3, 0.4) is 0 Å². The van der Waals surface area contributed by atoms with E-state index in [1.807, 2.05) is 0 Å². The maximum atomic E-state index is 11.6. The molecule has 0 radical (unpaired) electrons. The molecule has 0 saturated carbocycles. The molecule has 0 spiro atoms. The molecule has 0 aromatic carbocycles. The van der Waals surface area contributed by atoms with Crippen LogP contribution in [0.1, 0.15) is 13.8 Å². The first-order valence-electron chi connectivity index (χ1n) is 5.94. The highest BCUT2D eigenvalue weighted by Crippen LogP contribution is 1.89. The van der Waals surface area contributed by atoms with Crippen molar-refractivity contribution in [3.05, 3.63) is 12.7 Å². The third-order valence-corrected chi connectivity index (χ3v) is 2.31. The monoisotopic (exact) mass is 257 g/mol. The van der Waals surface area contributed by atoms with Crippen molar-refractivity contribution in [3.8, 4) is 0 Å². The minimum atomic E-state index is -0.439. The number of nitrogens with one attached hydrogen (secondary N) is 3. The molecule has 2 unspecified atom stereocenters. The van der Waals surface area contributed by atoms with Crippen LogP contribution in [-0.2, 0) is 14.3 Å². The Kier molecular flexibility index (Phi) is 8.86. The van der Waals surface area contributed by atoms with Crippen LogP contribution in [-0.4, -0.2) is 50.7 Å². The van der Waals surface area contributed by atoms with Crippen molar-refractivity contribution < 1.29 is 14.3 Å². The zero-order chi connectivity index (χ0) is 14.0. The molecule has 0 rings (SSSR count). The topological polar surface area (TPSA) is 79.5 Å². The fraction of sp³-hybridized carbons (Fsp3) is 0.667. The molecule has 18 heavy (non-hydrogen) atoms. The SMILES string of the molecule is C=CCNC(=O)C(C)NC(C)C(=O)NCCOC. The van der Waals surface area contributed by atoms with Gasteiger partial charge in [-0.25, -0.2) is 0 Å². The van der Waals surface area contributed by atoms with Crippen LogP contribution >= 0.6 is 0 Å². The highest BCUT2D eigenvalue weighted by atomic mass is 16.5. The van der Waals surface area contributed by atoms with E-state index in [1.165, 1.54) is 0 Å². The molecule has 0 bridgehead atoms. The van der Waals surface area contributed by atoms with E-state index in [0.29, 0.717) is 19.7 Å². The molecule has 0 saturated heterocycles. The molecule has 0 aromatic rings. The minimum Gasteiger partial charge on any atom is -0.383 e. The van der Waals surface area contributed by atoms with Gasteiger partial charge in [0.15, 0.2) is 0 Å². The van der Waals surface area contributed by atoms with E-state index in [-0.39, 0.29) is 11.8 Å². The van der Waals surface area contributed by atoms with Gasteiger partial charge in [0.2, 0.25) is 11.8 Å². The van der Waals surface area contributed by atoms with E-state index in [9.17, 15) is 9.59 Å². The van der Waals surface area contributed by atoms with Crippen molar-refractivity contribution in [2.75, 3.05) is 26.8 Å². The van der Waals surface area contributed by atoms with Crippen molar-refractivity contribution in [1.29, 1.82) is 0 Å². The molecular weight excluding hydrogens is 234 g/mol. The van der Waals surface area contributed by atoms with Crippen LogP contribution < -0.4 is 16.0 Å². The van der Waals surface area contributed by atoms with Crippen molar-refractivity contribution >= 4 is 11.8 Å². The highest BCUT2D eigenvalue weighted by Gasteiger charge is 2.18. The lowest BCUT2D eigenvalue weighted by Gasteiger charge is -2.18. The summed E-state index contributed by atoms with van der Waals surface area (Å²) < 4.78 is 4.83. The fourth-order valence-electron chi connectivity index (χ4n) is 1.28. The number of hydrogen-bond acceptors (Lipinski definition) is 4. The van der Waals surface area contributed by atoms with Gasteiger partial charge in [0.1, 0.15) is 0 Å². The molecule has 6 nitrogen and oxygen atoms in total. The minimum absolute atomic E-state index is 0.157. The summed E-state index contributed by atoms with van der Waals surface area (Å²) in [5.41, 5.74) is 0. The molecule has 0 aromatic heterocycles. The Morgan fingerprint density at radius 1 is 1.22 bits per heavy atom. The summed E-state index contributed by atoms with van der Waals surface area (Å²) in [4.78, 5) is 23.2. The van der Waals surface area contributed by atoms with Crippen molar-refractivity contribution in [2.45, 2.75) is 25.9 Å². The summed E-state index contributed by atoms with van der Waals surface area (Å²) in [6.45, 7) is 8.26. The van der Waals surface area contributed by atoms with E-state index in [0.717, 1.165) is 0 Å². The maximum Gasteiger partial charge on any atom is 0.237 e. The zero-order valence-electron chi connectivity index (χ0n) is 11.3. The van der Waals surface area contributed by atoms with Crippen LogP contribution in [0.2, 0.25) is 0 Å². The summed E-state index contributed by atoms with van der Waals surface area (Å²) in [5.74, 6) is -0.318. The normalized spacial score (nSPS) is 13.5. The lowest BCUT2D eigenvalue weighted by molar-refractivity contribution is -0.125. The standard InChI is InChI=1S/C12H23N3O3/c1-5-6-13-11(16)9(2)15-10(3)12(17)14-7-8-18-4/h5,9-10,15H,1,6-8H2,2-4H3,(H,13,16)(H,14,17). The number of methoxy groups -OCH3 is 1. The smallest absolute Gasteiger partial charge is 0.237 e. The Morgan fingerprint density at radius 2 is 1.78 bits per heavy atom. The second-order valence-corrected chi connectivity index (χ2v) is 3.93. The van der Waals surface area contributed by atoms with E-state index >= 15 is 0 Å². The molecular formula is C12H23N3O3. The van der Waals surface area contributed by atoms with Gasteiger partial charge in [0, 0.05) is 20.2 Å². The summed E-state index contributed by atoms with van der Waals surface area (Å²) in [7, 11) is 1.57. The number of ether oxygens (including phenoxy) is 1. The quantitative estimate of drug-likeness (QED) is 0.381. The predicted molar refractivity (Wildman–Crippen MR) is 70.2 cm³/mol.